The third kappa shape index (κ3) is 3.92. The zero-order valence-corrected chi connectivity index (χ0v) is 14.6. The molecule has 4 aromatic rings. The molecule has 130 valence electrons. The van der Waals surface area contributed by atoms with Gasteiger partial charge in [0.1, 0.15) is 0 Å². The lowest BCUT2D eigenvalue weighted by Gasteiger charge is -2.05. The Balaban J connectivity index is 1.37. The van der Waals surface area contributed by atoms with Crippen molar-refractivity contribution < 1.29 is 4.52 Å². The first kappa shape index (κ1) is 16.4. The van der Waals surface area contributed by atoms with Gasteiger partial charge in [-0.1, -0.05) is 53.2 Å². The average Bonchev–Trinajstić information content (AvgIpc) is 3.33. The van der Waals surface area contributed by atoms with Crippen LogP contribution in [0.1, 0.15) is 11.1 Å². The van der Waals surface area contributed by atoms with E-state index in [1.165, 1.54) is 5.56 Å². The van der Waals surface area contributed by atoms with E-state index in [2.05, 4.69) is 44.7 Å². The van der Waals surface area contributed by atoms with Gasteiger partial charge >= 0.3 is 6.01 Å². The minimum absolute atomic E-state index is 0.377. The largest absolute Gasteiger partial charge is 0.334 e. The number of anilines is 1. The van der Waals surface area contributed by atoms with E-state index in [1.807, 2.05) is 29.2 Å². The Kier molecular flexibility index (Phi) is 4.66. The Morgan fingerprint density at radius 1 is 1.08 bits per heavy atom. The number of nitrogens with one attached hydrogen (secondary N) is 1. The Morgan fingerprint density at radius 3 is 2.69 bits per heavy atom. The first-order valence-corrected chi connectivity index (χ1v) is 8.51. The highest BCUT2D eigenvalue weighted by atomic mass is 35.5. The van der Waals surface area contributed by atoms with Crippen molar-refractivity contribution in [2.45, 2.75) is 13.1 Å². The van der Waals surface area contributed by atoms with E-state index in [4.69, 9.17) is 16.1 Å². The van der Waals surface area contributed by atoms with E-state index in [1.54, 1.807) is 18.3 Å². The molecule has 0 saturated carbocycles. The predicted molar refractivity (Wildman–Crippen MR) is 99.8 cm³/mol. The Labute approximate surface area is 155 Å². The van der Waals surface area contributed by atoms with Crippen molar-refractivity contribution in [3.8, 4) is 11.4 Å². The molecule has 0 amide bonds. The van der Waals surface area contributed by atoms with Crippen LogP contribution in [-0.2, 0) is 13.1 Å². The number of rotatable bonds is 6. The lowest BCUT2D eigenvalue weighted by atomic mass is 10.1. The van der Waals surface area contributed by atoms with Crippen molar-refractivity contribution in [3.05, 3.63) is 83.4 Å². The molecule has 0 spiro atoms. The number of aromatic nitrogens is 4. The van der Waals surface area contributed by atoms with Crippen molar-refractivity contribution in [1.82, 2.24) is 19.7 Å². The minimum Gasteiger partial charge on any atom is -0.334 e. The lowest BCUT2D eigenvalue weighted by molar-refractivity contribution is 0.432. The molecule has 4 rings (SSSR count). The van der Waals surface area contributed by atoms with Crippen LogP contribution in [0.15, 0.2) is 71.8 Å². The van der Waals surface area contributed by atoms with Crippen molar-refractivity contribution in [2.24, 2.45) is 0 Å². The van der Waals surface area contributed by atoms with Gasteiger partial charge in [-0.25, -0.2) is 4.98 Å². The first-order chi connectivity index (χ1) is 12.8. The molecular weight excluding hydrogens is 350 g/mol. The van der Waals surface area contributed by atoms with Crippen molar-refractivity contribution in [1.29, 1.82) is 0 Å². The topological polar surface area (TPSA) is 68.8 Å². The molecule has 0 aliphatic carbocycles. The van der Waals surface area contributed by atoms with Crippen molar-refractivity contribution in [2.75, 3.05) is 5.32 Å². The zero-order valence-electron chi connectivity index (χ0n) is 13.8. The van der Waals surface area contributed by atoms with Crippen LogP contribution in [0.4, 0.5) is 6.01 Å². The van der Waals surface area contributed by atoms with Crippen molar-refractivity contribution >= 4 is 17.6 Å². The van der Waals surface area contributed by atoms with Gasteiger partial charge in [0, 0.05) is 36.1 Å². The van der Waals surface area contributed by atoms with Crippen LogP contribution >= 0.6 is 11.6 Å². The molecule has 26 heavy (non-hydrogen) atoms. The number of benzene rings is 2. The molecule has 2 heterocycles. The molecule has 0 atom stereocenters. The maximum absolute atomic E-state index is 5.99. The maximum Gasteiger partial charge on any atom is 0.322 e. The summed E-state index contributed by atoms with van der Waals surface area (Å²) in [7, 11) is 0. The summed E-state index contributed by atoms with van der Waals surface area (Å²) < 4.78 is 7.28. The highest BCUT2D eigenvalue weighted by Crippen LogP contribution is 2.21. The van der Waals surface area contributed by atoms with Gasteiger partial charge < -0.3 is 14.4 Å². The quantitative estimate of drug-likeness (QED) is 0.553. The third-order valence-corrected chi connectivity index (χ3v) is 4.13. The second-order valence-electron chi connectivity index (χ2n) is 5.84. The number of imidazole rings is 1. The normalized spacial score (nSPS) is 10.8. The molecule has 2 aromatic carbocycles. The van der Waals surface area contributed by atoms with Crippen LogP contribution in [0, 0.1) is 0 Å². The van der Waals surface area contributed by atoms with Gasteiger partial charge in [0.15, 0.2) is 0 Å². The van der Waals surface area contributed by atoms with Crippen LogP contribution in [0.2, 0.25) is 5.02 Å². The summed E-state index contributed by atoms with van der Waals surface area (Å²) in [4.78, 5) is 8.40. The van der Waals surface area contributed by atoms with Crippen LogP contribution in [-0.4, -0.2) is 19.7 Å². The fraction of sp³-hybridized carbons (Fsp3) is 0.105. The minimum atomic E-state index is 0.377. The Hall–Kier alpha value is -3.12. The van der Waals surface area contributed by atoms with E-state index in [-0.39, 0.29) is 0 Å². The molecule has 6 nitrogen and oxygen atoms in total. The van der Waals surface area contributed by atoms with Gasteiger partial charge in [0.25, 0.3) is 0 Å². The van der Waals surface area contributed by atoms with E-state index in [0.717, 1.165) is 17.7 Å². The van der Waals surface area contributed by atoms with Crippen LogP contribution in [0.5, 0.6) is 0 Å². The van der Waals surface area contributed by atoms with Crippen LogP contribution < -0.4 is 5.32 Å². The molecule has 7 heteroatoms. The second kappa shape index (κ2) is 7.41. The van der Waals surface area contributed by atoms with Crippen LogP contribution in [0.25, 0.3) is 11.4 Å². The molecule has 0 unspecified atom stereocenters. The maximum atomic E-state index is 5.99. The Bertz CT molecular complexity index is 979. The van der Waals surface area contributed by atoms with Crippen LogP contribution in [0.3, 0.4) is 0 Å². The summed E-state index contributed by atoms with van der Waals surface area (Å²) in [6, 6.07) is 16.1. The zero-order chi connectivity index (χ0) is 17.8. The summed E-state index contributed by atoms with van der Waals surface area (Å²) in [5.74, 6) is 0.505. The number of hydrogen-bond acceptors (Lipinski definition) is 5. The summed E-state index contributed by atoms with van der Waals surface area (Å²) in [5.41, 5.74) is 3.16. The van der Waals surface area contributed by atoms with Gasteiger partial charge in [0.2, 0.25) is 5.82 Å². The predicted octanol–water partition coefficient (Wildman–Crippen LogP) is 4.25. The number of halogens is 1. The fourth-order valence-corrected chi connectivity index (χ4v) is 2.76. The van der Waals surface area contributed by atoms with E-state index in [0.29, 0.717) is 23.4 Å². The van der Waals surface area contributed by atoms with Gasteiger partial charge in [0.05, 0.1) is 6.33 Å². The van der Waals surface area contributed by atoms with E-state index >= 15 is 0 Å². The highest BCUT2D eigenvalue weighted by Gasteiger charge is 2.08. The van der Waals surface area contributed by atoms with Gasteiger partial charge in [-0.2, -0.15) is 4.98 Å². The molecule has 0 aliphatic heterocycles. The second-order valence-corrected chi connectivity index (χ2v) is 6.27. The van der Waals surface area contributed by atoms with Crippen molar-refractivity contribution in [3.63, 3.8) is 0 Å². The third-order valence-electron chi connectivity index (χ3n) is 3.90. The SMILES string of the molecule is Clc1cccc(-c2noc(NCc3ccc(Cn4ccnc4)cc3)n2)c1. The molecule has 0 bridgehead atoms. The molecule has 0 saturated heterocycles. The van der Waals surface area contributed by atoms with Gasteiger partial charge in [-0.15, -0.1) is 0 Å². The first-order valence-electron chi connectivity index (χ1n) is 8.13. The molecule has 2 aromatic heterocycles. The summed E-state index contributed by atoms with van der Waals surface area (Å²) in [6.07, 6.45) is 5.53. The Morgan fingerprint density at radius 2 is 1.92 bits per heavy atom. The fourth-order valence-electron chi connectivity index (χ4n) is 2.57. The highest BCUT2D eigenvalue weighted by molar-refractivity contribution is 6.30. The molecule has 0 fully saturated rings. The smallest absolute Gasteiger partial charge is 0.322 e. The average molecular weight is 366 g/mol. The molecule has 0 radical (unpaired) electrons. The summed E-state index contributed by atoms with van der Waals surface area (Å²) >= 11 is 5.99. The molecule has 1 N–H and O–H groups in total. The standard InChI is InChI=1S/C19H16ClN5O/c20-17-3-1-2-16(10-17)18-23-19(26-24-18)22-11-14-4-6-15(7-5-14)12-25-9-8-21-13-25/h1-10,13H,11-12H2,(H,22,23,24). The lowest BCUT2D eigenvalue weighted by Crippen LogP contribution is -2.01. The summed E-state index contributed by atoms with van der Waals surface area (Å²) in [5, 5.41) is 7.76. The summed E-state index contributed by atoms with van der Waals surface area (Å²) in [6.45, 7) is 1.41. The number of hydrogen-bond donors (Lipinski definition) is 1. The molecular formula is C19H16ClN5O. The molecule has 0 aliphatic rings. The number of nitrogens with zero attached hydrogens (tertiary/aromatic N) is 4. The van der Waals surface area contributed by atoms with E-state index in [9.17, 15) is 0 Å². The van der Waals surface area contributed by atoms with Gasteiger partial charge in [-0.3, -0.25) is 0 Å². The van der Waals surface area contributed by atoms with E-state index < -0.39 is 0 Å². The monoisotopic (exact) mass is 365 g/mol. The van der Waals surface area contributed by atoms with Gasteiger partial charge in [-0.05, 0) is 23.3 Å².